The number of rotatable bonds is 6. The Bertz CT molecular complexity index is 384. The van der Waals surface area contributed by atoms with E-state index in [1.165, 1.54) is 50.2 Å². The molecule has 0 aliphatic carbocycles. The van der Waals surface area contributed by atoms with E-state index < -0.39 is 0 Å². The Hall–Kier alpha value is -0.490. The van der Waals surface area contributed by atoms with Crippen molar-refractivity contribution in [2.75, 3.05) is 45.9 Å². The first-order valence-corrected chi connectivity index (χ1v) is 9.18. The second-order valence-electron chi connectivity index (χ2n) is 6.28. The van der Waals surface area contributed by atoms with E-state index in [4.69, 9.17) is 4.74 Å². The lowest BCUT2D eigenvalue weighted by Crippen LogP contribution is -2.37. The zero-order valence-electron chi connectivity index (χ0n) is 12.9. The molecule has 3 heterocycles. The summed E-state index contributed by atoms with van der Waals surface area (Å²) < 4.78 is 5.40. The van der Waals surface area contributed by atoms with Crippen molar-refractivity contribution >= 4 is 11.3 Å². The maximum absolute atomic E-state index is 5.40. The monoisotopic (exact) mass is 309 g/mol. The standard InChI is InChI=1S/C16H27N3OS/c1(5-18-8-10-20-11-9-18)2-15-3-6-19(7-4-15)13-16-12-17-14-21-16/h12,14-15H,1-11,13H2. The molecule has 118 valence electrons. The van der Waals surface area contributed by atoms with Crippen LogP contribution in [0.25, 0.3) is 0 Å². The minimum Gasteiger partial charge on any atom is -0.379 e. The van der Waals surface area contributed by atoms with Crippen molar-refractivity contribution in [3.8, 4) is 0 Å². The topological polar surface area (TPSA) is 28.6 Å². The maximum atomic E-state index is 5.40. The second-order valence-corrected chi connectivity index (χ2v) is 7.25. The van der Waals surface area contributed by atoms with E-state index in [-0.39, 0.29) is 0 Å². The molecule has 1 aromatic rings. The van der Waals surface area contributed by atoms with Crippen molar-refractivity contribution in [1.82, 2.24) is 14.8 Å². The molecular formula is C16H27N3OS. The molecular weight excluding hydrogens is 282 g/mol. The molecule has 1 aromatic heterocycles. The molecule has 5 heteroatoms. The Morgan fingerprint density at radius 2 is 1.95 bits per heavy atom. The number of hydrogen-bond donors (Lipinski definition) is 0. The number of nitrogens with zero attached hydrogens (tertiary/aromatic N) is 3. The number of morpholine rings is 1. The van der Waals surface area contributed by atoms with Crippen LogP contribution in [-0.2, 0) is 11.3 Å². The van der Waals surface area contributed by atoms with Crippen LogP contribution in [0.15, 0.2) is 11.7 Å². The minimum absolute atomic E-state index is 0.927. The third-order valence-electron chi connectivity index (χ3n) is 4.76. The van der Waals surface area contributed by atoms with Crippen LogP contribution in [0.3, 0.4) is 0 Å². The highest BCUT2D eigenvalue weighted by atomic mass is 32.1. The lowest BCUT2D eigenvalue weighted by molar-refractivity contribution is 0.0361. The normalized spacial score (nSPS) is 22.7. The summed E-state index contributed by atoms with van der Waals surface area (Å²) in [4.78, 5) is 10.7. The first kappa shape index (κ1) is 15.4. The van der Waals surface area contributed by atoms with E-state index >= 15 is 0 Å². The van der Waals surface area contributed by atoms with Crippen LogP contribution >= 0.6 is 11.3 Å². The summed E-state index contributed by atoms with van der Waals surface area (Å²) in [6.07, 6.45) is 7.54. The molecule has 0 radical (unpaired) electrons. The number of piperidine rings is 1. The highest BCUT2D eigenvalue weighted by Gasteiger charge is 2.19. The van der Waals surface area contributed by atoms with Crippen LogP contribution in [0, 0.1) is 5.92 Å². The van der Waals surface area contributed by atoms with E-state index in [0.29, 0.717) is 0 Å². The van der Waals surface area contributed by atoms with Crippen molar-refractivity contribution in [2.24, 2.45) is 5.92 Å². The van der Waals surface area contributed by atoms with Gasteiger partial charge in [0.25, 0.3) is 0 Å². The fraction of sp³-hybridized carbons (Fsp3) is 0.812. The molecule has 0 bridgehead atoms. The van der Waals surface area contributed by atoms with Gasteiger partial charge >= 0.3 is 0 Å². The van der Waals surface area contributed by atoms with Gasteiger partial charge in [0, 0.05) is 30.7 Å². The van der Waals surface area contributed by atoms with Crippen molar-refractivity contribution in [2.45, 2.75) is 32.2 Å². The summed E-state index contributed by atoms with van der Waals surface area (Å²) in [5.41, 5.74) is 1.94. The van der Waals surface area contributed by atoms with Gasteiger partial charge in [-0.25, -0.2) is 0 Å². The first-order chi connectivity index (χ1) is 10.4. The van der Waals surface area contributed by atoms with E-state index in [0.717, 1.165) is 38.8 Å². The van der Waals surface area contributed by atoms with Gasteiger partial charge in [0.1, 0.15) is 0 Å². The van der Waals surface area contributed by atoms with Crippen molar-refractivity contribution in [3.63, 3.8) is 0 Å². The number of likely N-dealkylation sites (tertiary alicyclic amines) is 1. The smallest absolute Gasteiger partial charge is 0.0794 e. The molecule has 0 aromatic carbocycles. The Labute approximate surface area is 132 Å². The fourth-order valence-corrected chi connectivity index (χ4v) is 4.04. The predicted octanol–water partition coefficient (Wildman–Crippen LogP) is 2.47. The van der Waals surface area contributed by atoms with Gasteiger partial charge < -0.3 is 4.74 Å². The first-order valence-electron chi connectivity index (χ1n) is 8.30. The molecule has 2 aliphatic heterocycles. The summed E-state index contributed by atoms with van der Waals surface area (Å²) >= 11 is 1.78. The van der Waals surface area contributed by atoms with E-state index in [1.807, 2.05) is 11.7 Å². The molecule has 0 saturated carbocycles. The highest BCUT2D eigenvalue weighted by Crippen LogP contribution is 2.23. The van der Waals surface area contributed by atoms with Crippen LogP contribution in [0.2, 0.25) is 0 Å². The van der Waals surface area contributed by atoms with Crippen molar-refractivity contribution < 1.29 is 4.74 Å². The van der Waals surface area contributed by atoms with Gasteiger partial charge in [-0.2, -0.15) is 0 Å². The van der Waals surface area contributed by atoms with Gasteiger partial charge in [-0.1, -0.05) is 0 Å². The number of ether oxygens (including phenoxy) is 1. The SMILES string of the molecule is c1ncc(CN2CCC(CCCN3CCOCC3)CC2)s1. The average Bonchev–Trinajstić information content (AvgIpc) is 3.03. The zero-order valence-corrected chi connectivity index (χ0v) is 13.7. The summed E-state index contributed by atoms with van der Waals surface area (Å²) in [7, 11) is 0. The molecule has 0 atom stereocenters. The molecule has 0 unspecified atom stereocenters. The summed E-state index contributed by atoms with van der Waals surface area (Å²) in [5, 5.41) is 0. The molecule has 4 nitrogen and oxygen atoms in total. The van der Waals surface area contributed by atoms with Gasteiger partial charge in [-0.15, -0.1) is 11.3 Å². The molecule has 2 saturated heterocycles. The number of aromatic nitrogens is 1. The fourth-order valence-electron chi connectivity index (χ4n) is 3.40. The largest absolute Gasteiger partial charge is 0.379 e. The van der Waals surface area contributed by atoms with Gasteiger partial charge in [0.2, 0.25) is 0 Å². The lowest BCUT2D eigenvalue weighted by atomic mass is 9.92. The third kappa shape index (κ3) is 5.02. The van der Waals surface area contributed by atoms with E-state index in [2.05, 4.69) is 14.8 Å². The van der Waals surface area contributed by atoms with Crippen LogP contribution in [-0.4, -0.2) is 60.7 Å². The van der Waals surface area contributed by atoms with Crippen LogP contribution in [0.1, 0.15) is 30.6 Å². The Morgan fingerprint density at radius 1 is 1.14 bits per heavy atom. The van der Waals surface area contributed by atoms with Crippen molar-refractivity contribution in [1.29, 1.82) is 0 Å². The van der Waals surface area contributed by atoms with E-state index in [9.17, 15) is 0 Å². The van der Waals surface area contributed by atoms with Gasteiger partial charge in [-0.3, -0.25) is 14.8 Å². The minimum atomic E-state index is 0.927. The van der Waals surface area contributed by atoms with Gasteiger partial charge in [-0.05, 0) is 51.2 Å². The summed E-state index contributed by atoms with van der Waals surface area (Å²) in [6, 6.07) is 0. The van der Waals surface area contributed by atoms with Crippen LogP contribution in [0.5, 0.6) is 0 Å². The van der Waals surface area contributed by atoms with Gasteiger partial charge in [0.15, 0.2) is 0 Å². The Kier molecular flexibility index (Phi) is 6.03. The highest BCUT2D eigenvalue weighted by molar-refractivity contribution is 7.09. The second kappa shape index (κ2) is 8.22. The van der Waals surface area contributed by atoms with Crippen LogP contribution in [0.4, 0.5) is 0 Å². The Morgan fingerprint density at radius 3 is 2.67 bits per heavy atom. The van der Waals surface area contributed by atoms with Crippen LogP contribution < -0.4 is 0 Å². The molecule has 2 fully saturated rings. The molecule has 0 amide bonds. The molecule has 0 spiro atoms. The van der Waals surface area contributed by atoms with Gasteiger partial charge in [0.05, 0.1) is 18.7 Å². The Balaban J connectivity index is 1.28. The third-order valence-corrected chi connectivity index (χ3v) is 5.52. The lowest BCUT2D eigenvalue weighted by Gasteiger charge is -2.32. The summed E-state index contributed by atoms with van der Waals surface area (Å²) in [6.45, 7) is 9.02. The van der Waals surface area contributed by atoms with E-state index in [1.54, 1.807) is 11.3 Å². The predicted molar refractivity (Wildman–Crippen MR) is 86.6 cm³/mol. The molecule has 21 heavy (non-hydrogen) atoms. The maximum Gasteiger partial charge on any atom is 0.0794 e. The molecule has 0 N–H and O–H groups in total. The zero-order chi connectivity index (χ0) is 14.3. The number of hydrogen-bond acceptors (Lipinski definition) is 5. The molecule has 2 aliphatic rings. The average molecular weight is 309 g/mol. The van der Waals surface area contributed by atoms with Crippen molar-refractivity contribution in [3.05, 3.63) is 16.6 Å². The quantitative estimate of drug-likeness (QED) is 0.807. The summed E-state index contributed by atoms with van der Waals surface area (Å²) in [5.74, 6) is 0.948. The number of thiazole rings is 1. The molecule has 3 rings (SSSR count).